The monoisotopic (exact) mass is 387 g/mol. The molecule has 0 radical (unpaired) electrons. The molecule has 0 saturated carbocycles. The van der Waals surface area contributed by atoms with Crippen LogP contribution in [0.25, 0.3) is 0 Å². The van der Waals surface area contributed by atoms with Gasteiger partial charge in [0.2, 0.25) is 5.91 Å². The molecule has 1 fully saturated rings. The number of cyclic esters (lactones) is 1. The van der Waals surface area contributed by atoms with Crippen molar-refractivity contribution in [3.8, 4) is 0 Å². The van der Waals surface area contributed by atoms with Crippen LogP contribution in [0.1, 0.15) is 17.5 Å². The molecule has 26 heavy (non-hydrogen) atoms. The Hall–Kier alpha value is -2.33. The van der Waals surface area contributed by atoms with Gasteiger partial charge in [-0.15, -0.1) is 0 Å². The van der Waals surface area contributed by atoms with Gasteiger partial charge in [0.25, 0.3) is 0 Å². The molecule has 11 heteroatoms. The number of rotatable bonds is 5. The Bertz CT molecular complexity index is 703. The first-order valence-corrected chi connectivity index (χ1v) is 7.24. The number of benzene rings is 1. The SMILES string of the molecule is O=C(Cc1cccc(C(F)(F)C(F)(F)C(F)(F)F)c1)N[C@H]1CCOC1=O. The summed E-state index contributed by atoms with van der Waals surface area (Å²) < 4.78 is 94.9. The first-order chi connectivity index (χ1) is 11.9. The summed E-state index contributed by atoms with van der Waals surface area (Å²) in [6.45, 7) is 0.0953. The van der Waals surface area contributed by atoms with Crippen LogP contribution in [-0.2, 0) is 26.7 Å². The van der Waals surface area contributed by atoms with Crippen LogP contribution in [-0.4, -0.2) is 36.6 Å². The third kappa shape index (κ3) is 3.75. The number of hydrogen-bond donors (Lipinski definition) is 1. The smallest absolute Gasteiger partial charge is 0.460 e. The van der Waals surface area contributed by atoms with Crippen molar-refractivity contribution in [1.82, 2.24) is 5.32 Å². The lowest BCUT2D eigenvalue weighted by Gasteiger charge is -2.28. The quantitative estimate of drug-likeness (QED) is 0.625. The molecule has 1 amide bonds. The minimum absolute atomic E-state index is 0.0953. The molecule has 0 unspecified atom stereocenters. The summed E-state index contributed by atoms with van der Waals surface area (Å²) in [4.78, 5) is 23.0. The van der Waals surface area contributed by atoms with E-state index >= 15 is 0 Å². The molecule has 0 aliphatic carbocycles. The van der Waals surface area contributed by atoms with Crippen LogP contribution in [0.5, 0.6) is 0 Å². The number of halogens is 7. The summed E-state index contributed by atoms with van der Waals surface area (Å²) in [6.07, 6.45) is -6.83. The Morgan fingerprint density at radius 2 is 1.81 bits per heavy atom. The van der Waals surface area contributed by atoms with E-state index in [0.717, 1.165) is 12.1 Å². The van der Waals surface area contributed by atoms with Gasteiger partial charge in [-0.1, -0.05) is 18.2 Å². The van der Waals surface area contributed by atoms with Crippen LogP contribution in [0, 0.1) is 0 Å². The third-order valence-electron chi connectivity index (χ3n) is 3.68. The van der Waals surface area contributed by atoms with Gasteiger partial charge in [-0.3, -0.25) is 4.79 Å². The minimum atomic E-state index is -6.45. The Balaban J connectivity index is 2.17. The zero-order valence-electron chi connectivity index (χ0n) is 12.9. The van der Waals surface area contributed by atoms with Gasteiger partial charge in [-0.2, -0.15) is 30.7 Å². The predicted octanol–water partition coefficient (Wildman–Crippen LogP) is 2.95. The van der Waals surface area contributed by atoms with Crippen LogP contribution >= 0.6 is 0 Å². The molecule has 1 heterocycles. The van der Waals surface area contributed by atoms with E-state index in [1.165, 1.54) is 0 Å². The fraction of sp³-hybridized carbons (Fsp3) is 0.467. The predicted molar refractivity (Wildman–Crippen MR) is 72.5 cm³/mol. The molecule has 144 valence electrons. The fourth-order valence-corrected chi connectivity index (χ4v) is 2.29. The summed E-state index contributed by atoms with van der Waals surface area (Å²) in [5.41, 5.74) is -1.80. The first-order valence-electron chi connectivity index (χ1n) is 7.24. The number of ether oxygens (including phenoxy) is 1. The molecule has 4 nitrogen and oxygen atoms in total. The second kappa shape index (κ2) is 6.76. The molecular weight excluding hydrogens is 375 g/mol. The number of nitrogens with one attached hydrogen (secondary N) is 1. The van der Waals surface area contributed by atoms with Crippen LogP contribution < -0.4 is 5.32 Å². The van der Waals surface area contributed by atoms with Crippen molar-refractivity contribution in [2.24, 2.45) is 0 Å². The van der Waals surface area contributed by atoms with Gasteiger partial charge in [-0.25, -0.2) is 4.79 Å². The normalized spacial score (nSPS) is 18.6. The van der Waals surface area contributed by atoms with Crippen LogP contribution in [0.4, 0.5) is 30.7 Å². The van der Waals surface area contributed by atoms with Crippen molar-refractivity contribution >= 4 is 11.9 Å². The van der Waals surface area contributed by atoms with Crippen molar-refractivity contribution < 1.29 is 45.1 Å². The maximum absolute atomic E-state index is 13.7. The summed E-state index contributed by atoms with van der Waals surface area (Å²) in [6, 6.07) is 1.84. The minimum Gasteiger partial charge on any atom is -0.464 e. The van der Waals surface area contributed by atoms with Gasteiger partial charge in [0.1, 0.15) is 6.04 Å². The molecule has 1 aliphatic rings. The van der Waals surface area contributed by atoms with E-state index in [2.05, 4.69) is 10.1 Å². The largest absolute Gasteiger partial charge is 0.464 e. The summed E-state index contributed by atoms with van der Waals surface area (Å²) >= 11 is 0. The van der Waals surface area contributed by atoms with E-state index in [4.69, 9.17) is 0 Å². The molecule has 1 aliphatic heterocycles. The van der Waals surface area contributed by atoms with Crippen LogP contribution in [0.15, 0.2) is 24.3 Å². The number of amides is 1. The number of carbonyl (C=O) groups is 2. The van der Waals surface area contributed by atoms with E-state index in [1.807, 2.05) is 0 Å². The molecule has 1 atom stereocenters. The van der Waals surface area contributed by atoms with Crippen molar-refractivity contribution in [2.45, 2.75) is 36.9 Å². The zero-order valence-corrected chi connectivity index (χ0v) is 12.9. The van der Waals surface area contributed by atoms with Gasteiger partial charge in [-0.05, 0) is 11.6 Å². The molecule has 1 aromatic carbocycles. The Labute approximate surface area is 142 Å². The first kappa shape index (κ1) is 20.0. The molecule has 0 aromatic heterocycles. The molecule has 1 aromatic rings. The summed E-state index contributed by atoms with van der Waals surface area (Å²) in [5.74, 6) is -13.3. The highest BCUT2D eigenvalue weighted by atomic mass is 19.4. The molecule has 1 saturated heterocycles. The average Bonchev–Trinajstić information content (AvgIpc) is 2.91. The van der Waals surface area contributed by atoms with E-state index in [1.54, 1.807) is 0 Å². The Morgan fingerprint density at radius 3 is 2.35 bits per heavy atom. The highest BCUT2D eigenvalue weighted by Crippen LogP contribution is 2.51. The Morgan fingerprint density at radius 1 is 1.15 bits per heavy atom. The highest BCUT2D eigenvalue weighted by Gasteiger charge is 2.73. The third-order valence-corrected chi connectivity index (χ3v) is 3.68. The Kier molecular flexibility index (Phi) is 5.20. The second-order valence-electron chi connectivity index (χ2n) is 5.60. The van der Waals surface area contributed by atoms with Crippen molar-refractivity contribution in [3.63, 3.8) is 0 Å². The zero-order chi connectivity index (χ0) is 19.8. The lowest BCUT2D eigenvalue weighted by atomic mass is 9.98. The van der Waals surface area contributed by atoms with Crippen molar-refractivity contribution in [2.75, 3.05) is 6.61 Å². The van der Waals surface area contributed by atoms with E-state index in [-0.39, 0.29) is 18.6 Å². The number of carbonyl (C=O) groups excluding carboxylic acids is 2. The fourth-order valence-electron chi connectivity index (χ4n) is 2.29. The maximum Gasteiger partial charge on any atom is 0.460 e. The van der Waals surface area contributed by atoms with E-state index in [0.29, 0.717) is 12.1 Å². The number of esters is 1. The molecule has 2 rings (SSSR count). The number of hydrogen-bond acceptors (Lipinski definition) is 3. The summed E-state index contributed by atoms with van der Waals surface area (Å²) in [7, 11) is 0. The molecular formula is C15H12F7NO3. The lowest BCUT2D eigenvalue weighted by Crippen LogP contribution is -2.50. The van der Waals surface area contributed by atoms with Crippen molar-refractivity contribution in [3.05, 3.63) is 35.4 Å². The number of alkyl halides is 7. The van der Waals surface area contributed by atoms with Crippen molar-refractivity contribution in [1.29, 1.82) is 0 Å². The maximum atomic E-state index is 13.7. The topological polar surface area (TPSA) is 55.4 Å². The van der Waals surface area contributed by atoms with Crippen LogP contribution in [0.3, 0.4) is 0 Å². The summed E-state index contributed by atoms with van der Waals surface area (Å²) in [5, 5.41) is 2.26. The van der Waals surface area contributed by atoms with E-state index < -0.39 is 47.9 Å². The van der Waals surface area contributed by atoms with Crippen LogP contribution in [0.2, 0.25) is 0 Å². The highest BCUT2D eigenvalue weighted by molar-refractivity contribution is 5.86. The van der Waals surface area contributed by atoms with Gasteiger partial charge >= 0.3 is 24.0 Å². The molecule has 1 N–H and O–H groups in total. The standard InChI is InChI=1S/C15H12F7NO3/c16-13(17,14(18,19)15(20,21)22)9-3-1-2-8(6-9)7-11(24)23-10-4-5-26-12(10)25/h1-3,6,10H,4-5,7H2,(H,23,24)/t10-/m0/s1. The average molecular weight is 387 g/mol. The van der Waals surface area contributed by atoms with Gasteiger partial charge in [0.15, 0.2) is 0 Å². The second-order valence-corrected chi connectivity index (χ2v) is 5.60. The molecule has 0 bridgehead atoms. The molecule has 0 spiro atoms. The van der Waals surface area contributed by atoms with Gasteiger partial charge < -0.3 is 10.1 Å². The van der Waals surface area contributed by atoms with Gasteiger partial charge in [0.05, 0.1) is 13.0 Å². The lowest BCUT2D eigenvalue weighted by molar-refractivity contribution is -0.359. The van der Waals surface area contributed by atoms with E-state index in [9.17, 15) is 40.3 Å². The van der Waals surface area contributed by atoms with Gasteiger partial charge in [0, 0.05) is 12.0 Å².